The Balaban J connectivity index is 1.52. The van der Waals surface area contributed by atoms with E-state index >= 15 is 0 Å². The predicted molar refractivity (Wildman–Crippen MR) is 113 cm³/mol. The Morgan fingerprint density at radius 2 is 1.83 bits per heavy atom. The van der Waals surface area contributed by atoms with Gasteiger partial charge in [-0.1, -0.05) is 26.0 Å². The summed E-state index contributed by atoms with van der Waals surface area (Å²) in [7, 11) is 0. The highest BCUT2D eigenvalue weighted by atomic mass is 16.4. The number of aromatic nitrogens is 1. The lowest BCUT2D eigenvalue weighted by Crippen LogP contribution is -2.54. The van der Waals surface area contributed by atoms with Gasteiger partial charge in [-0.05, 0) is 42.9 Å². The van der Waals surface area contributed by atoms with Gasteiger partial charge in [0, 0.05) is 23.9 Å². The van der Waals surface area contributed by atoms with Crippen molar-refractivity contribution in [2.45, 2.75) is 38.5 Å². The largest absolute Gasteiger partial charge is 0.456 e. The summed E-state index contributed by atoms with van der Waals surface area (Å²) in [5.74, 6) is 0.738. The van der Waals surface area contributed by atoms with E-state index in [-0.39, 0.29) is 28.1 Å². The van der Waals surface area contributed by atoms with Gasteiger partial charge in [0.15, 0.2) is 5.58 Å². The number of hydrogen-bond acceptors (Lipinski definition) is 5. The Labute approximate surface area is 172 Å². The minimum absolute atomic E-state index is 0.0230. The lowest BCUT2D eigenvalue weighted by molar-refractivity contribution is -0.133. The third-order valence-corrected chi connectivity index (χ3v) is 6.92. The number of piperidine rings is 1. The molecule has 2 aromatic carbocycles. The van der Waals surface area contributed by atoms with E-state index in [4.69, 9.17) is 13.8 Å². The fraction of sp³-hybridized carbons (Fsp3) is 0.375. The minimum Gasteiger partial charge on any atom is -0.456 e. The van der Waals surface area contributed by atoms with Crippen molar-refractivity contribution in [3.63, 3.8) is 0 Å². The van der Waals surface area contributed by atoms with E-state index in [1.54, 1.807) is 24.3 Å². The normalized spacial score (nSPS) is 28.9. The van der Waals surface area contributed by atoms with Crippen LogP contribution in [0.25, 0.3) is 33.0 Å². The molecule has 0 spiro atoms. The number of fused-ring (bicyclic) bond motifs is 5. The van der Waals surface area contributed by atoms with Gasteiger partial charge in [-0.3, -0.25) is 9.59 Å². The van der Waals surface area contributed by atoms with Gasteiger partial charge >= 0.3 is 0 Å². The molecule has 6 heteroatoms. The van der Waals surface area contributed by atoms with Gasteiger partial charge in [0.25, 0.3) is 0 Å². The average Bonchev–Trinajstić information content (AvgIpc) is 3.14. The van der Waals surface area contributed by atoms with Crippen molar-refractivity contribution in [3.05, 3.63) is 52.5 Å². The number of para-hydroxylation sites is 1. The first kappa shape index (κ1) is 17.7. The SMILES string of the molecule is C[C@]12CNC(=O)C(C1)C[C@@](C)(c1nc3cc4c(=O)c5ccccc5oc4cc3o1)C2. The Morgan fingerprint density at radius 1 is 1.00 bits per heavy atom. The van der Waals surface area contributed by atoms with E-state index < -0.39 is 0 Å². The third-order valence-electron chi connectivity index (χ3n) is 6.92. The molecular formula is C24H22N2O4. The summed E-state index contributed by atoms with van der Waals surface area (Å²) in [6, 6.07) is 10.8. The summed E-state index contributed by atoms with van der Waals surface area (Å²) in [6.07, 6.45) is 2.51. The zero-order valence-corrected chi connectivity index (χ0v) is 17.0. The summed E-state index contributed by atoms with van der Waals surface area (Å²) >= 11 is 0. The van der Waals surface area contributed by atoms with Crippen LogP contribution in [-0.2, 0) is 10.2 Å². The number of hydrogen-bond donors (Lipinski definition) is 1. The summed E-state index contributed by atoms with van der Waals surface area (Å²) in [5, 5.41) is 4.10. The Bertz CT molecular complexity index is 1420. The van der Waals surface area contributed by atoms with Gasteiger partial charge in [-0.15, -0.1) is 0 Å². The van der Waals surface area contributed by atoms with Crippen LogP contribution in [0.5, 0.6) is 0 Å². The second-order valence-corrected chi connectivity index (χ2v) is 9.63. The fourth-order valence-corrected chi connectivity index (χ4v) is 5.71. The molecule has 1 aliphatic carbocycles. The van der Waals surface area contributed by atoms with Gasteiger partial charge in [-0.25, -0.2) is 4.98 Å². The molecule has 3 heterocycles. The molecule has 2 aromatic heterocycles. The van der Waals surface area contributed by atoms with Crippen molar-refractivity contribution in [2.24, 2.45) is 11.3 Å². The maximum atomic E-state index is 13.0. The van der Waals surface area contributed by atoms with Gasteiger partial charge in [0.1, 0.15) is 16.7 Å². The predicted octanol–water partition coefficient (Wildman–Crippen LogP) is 4.28. The lowest BCUT2D eigenvalue weighted by Gasteiger charge is -2.49. The quantitative estimate of drug-likeness (QED) is 0.480. The molecule has 6 nitrogen and oxygen atoms in total. The van der Waals surface area contributed by atoms with Crippen molar-refractivity contribution < 1.29 is 13.6 Å². The molecule has 1 N–H and O–H groups in total. The molecule has 1 saturated carbocycles. The van der Waals surface area contributed by atoms with E-state index in [2.05, 4.69) is 19.2 Å². The number of carbonyl (C=O) groups excluding carboxylic acids is 1. The zero-order chi connectivity index (χ0) is 20.7. The van der Waals surface area contributed by atoms with Crippen molar-refractivity contribution in [1.82, 2.24) is 10.3 Å². The van der Waals surface area contributed by atoms with E-state index in [0.29, 0.717) is 51.9 Å². The summed E-state index contributed by atoms with van der Waals surface area (Å²) in [5.41, 5.74) is 1.93. The minimum atomic E-state index is -0.331. The maximum absolute atomic E-state index is 13.0. The molecule has 4 aromatic rings. The zero-order valence-electron chi connectivity index (χ0n) is 17.0. The van der Waals surface area contributed by atoms with E-state index in [9.17, 15) is 9.59 Å². The molecule has 2 bridgehead atoms. The van der Waals surface area contributed by atoms with Crippen LogP contribution in [0.2, 0.25) is 0 Å². The van der Waals surface area contributed by atoms with Crippen LogP contribution in [0.4, 0.5) is 0 Å². The summed E-state index contributed by atoms with van der Waals surface area (Å²) < 4.78 is 12.2. The standard InChI is InChI=1S/C24H22N2O4/c1-23-9-13(21(28)25-12-23)10-24(2,11-23)22-26-16-7-15-18(8-19(16)30-22)29-17-6-4-3-5-14(17)20(15)27/h3-8,13H,9-12H2,1-2H3,(H,25,28)/t13?,23-,24+/m0/s1. The highest BCUT2D eigenvalue weighted by Gasteiger charge is 2.51. The van der Waals surface area contributed by atoms with E-state index in [1.165, 1.54) is 0 Å². The Morgan fingerprint density at radius 3 is 2.70 bits per heavy atom. The maximum Gasteiger partial charge on any atom is 0.223 e. The van der Waals surface area contributed by atoms with Gasteiger partial charge in [0.05, 0.1) is 10.8 Å². The van der Waals surface area contributed by atoms with E-state index in [1.807, 2.05) is 12.1 Å². The topological polar surface area (TPSA) is 85.3 Å². The van der Waals surface area contributed by atoms with Crippen molar-refractivity contribution in [1.29, 1.82) is 0 Å². The number of amides is 1. The highest BCUT2D eigenvalue weighted by Crippen LogP contribution is 2.51. The Hall–Kier alpha value is -3.15. The number of oxazole rings is 1. The number of benzene rings is 2. The van der Waals surface area contributed by atoms with Gasteiger partial charge < -0.3 is 14.2 Å². The smallest absolute Gasteiger partial charge is 0.223 e. The van der Waals surface area contributed by atoms with Gasteiger partial charge in [-0.2, -0.15) is 0 Å². The second-order valence-electron chi connectivity index (χ2n) is 9.63. The number of rotatable bonds is 1. The molecule has 2 aliphatic rings. The number of nitrogens with one attached hydrogen (secondary N) is 1. The van der Waals surface area contributed by atoms with Crippen LogP contribution in [0.1, 0.15) is 39.0 Å². The second kappa shape index (κ2) is 5.72. The molecule has 152 valence electrons. The number of nitrogens with zero attached hydrogens (tertiary/aromatic N) is 1. The molecule has 1 saturated heterocycles. The summed E-state index contributed by atoms with van der Waals surface area (Å²) in [4.78, 5) is 30.1. The van der Waals surface area contributed by atoms with E-state index in [0.717, 1.165) is 12.8 Å². The summed E-state index contributed by atoms with van der Waals surface area (Å²) in [6.45, 7) is 5.05. The molecule has 1 unspecified atom stereocenters. The van der Waals surface area contributed by atoms with Crippen LogP contribution in [0.3, 0.4) is 0 Å². The van der Waals surface area contributed by atoms with Crippen LogP contribution in [0, 0.1) is 11.3 Å². The van der Waals surface area contributed by atoms with Crippen molar-refractivity contribution in [2.75, 3.05) is 6.54 Å². The molecule has 30 heavy (non-hydrogen) atoms. The number of carbonyl (C=O) groups is 1. The molecule has 1 amide bonds. The van der Waals surface area contributed by atoms with Crippen LogP contribution in [-0.4, -0.2) is 17.4 Å². The van der Waals surface area contributed by atoms with Gasteiger partial charge in [0.2, 0.25) is 17.2 Å². The monoisotopic (exact) mass is 402 g/mol. The van der Waals surface area contributed by atoms with Crippen LogP contribution < -0.4 is 10.7 Å². The van der Waals surface area contributed by atoms with Crippen LogP contribution >= 0.6 is 0 Å². The average molecular weight is 402 g/mol. The first-order chi connectivity index (χ1) is 14.3. The van der Waals surface area contributed by atoms with Crippen molar-refractivity contribution in [3.8, 4) is 0 Å². The molecule has 6 rings (SSSR count). The fourth-order valence-electron chi connectivity index (χ4n) is 5.71. The molecule has 2 fully saturated rings. The van der Waals surface area contributed by atoms with Crippen molar-refractivity contribution >= 4 is 38.9 Å². The van der Waals surface area contributed by atoms with Crippen LogP contribution in [0.15, 0.2) is 50.0 Å². The highest BCUT2D eigenvalue weighted by molar-refractivity contribution is 5.96. The molecule has 3 atom stereocenters. The third kappa shape index (κ3) is 2.46. The molecule has 0 radical (unpaired) electrons. The molecular weight excluding hydrogens is 380 g/mol. The Kier molecular flexibility index (Phi) is 3.37. The lowest BCUT2D eigenvalue weighted by atomic mass is 9.58. The molecule has 1 aliphatic heterocycles. The first-order valence-electron chi connectivity index (χ1n) is 10.4. The first-order valence-corrected chi connectivity index (χ1v) is 10.4.